The molecule has 0 radical (unpaired) electrons. The first-order chi connectivity index (χ1) is 16.7. The number of hydrogen-bond acceptors (Lipinski definition) is 5. The lowest BCUT2D eigenvalue weighted by Crippen LogP contribution is -2.33. The number of benzene rings is 3. The molecule has 176 valence electrons. The van der Waals surface area contributed by atoms with E-state index in [9.17, 15) is 9.18 Å². The zero-order chi connectivity index (χ0) is 23.3. The van der Waals surface area contributed by atoms with Crippen molar-refractivity contribution < 1.29 is 23.4 Å². The number of ether oxygens (including phenoxy) is 3. The molecule has 1 N–H and O–H groups in total. The number of hydrogen-bond donors (Lipinski definition) is 1. The highest BCUT2D eigenvalue weighted by atomic mass is 19.1. The third-order valence-corrected chi connectivity index (χ3v) is 6.32. The second-order valence-electron chi connectivity index (χ2n) is 8.56. The molecule has 7 heteroatoms. The number of amides is 1. The lowest BCUT2D eigenvalue weighted by Gasteiger charge is -2.24. The van der Waals surface area contributed by atoms with Crippen molar-refractivity contribution in [2.75, 3.05) is 26.5 Å². The van der Waals surface area contributed by atoms with Crippen LogP contribution in [0.25, 0.3) is 0 Å². The van der Waals surface area contributed by atoms with E-state index in [2.05, 4.69) is 10.2 Å². The number of rotatable bonds is 8. The van der Waals surface area contributed by atoms with E-state index in [1.807, 2.05) is 48.5 Å². The van der Waals surface area contributed by atoms with Crippen molar-refractivity contribution in [2.45, 2.75) is 19.0 Å². The third kappa shape index (κ3) is 5.15. The lowest BCUT2D eigenvalue weighted by molar-refractivity contribution is -0.124. The molecule has 5 rings (SSSR count). The number of likely N-dealkylation sites (tertiary alicyclic amines) is 1. The summed E-state index contributed by atoms with van der Waals surface area (Å²) in [6, 6.07) is 21.9. The van der Waals surface area contributed by atoms with Crippen LogP contribution in [0.3, 0.4) is 0 Å². The fourth-order valence-electron chi connectivity index (χ4n) is 4.55. The first kappa shape index (κ1) is 22.2. The van der Waals surface area contributed by atoms with Gasteiger partial charge in [-0.1, -0.05) is 36.4 Å². The molecule has 6 nitrogen and oxygen atoms in total. The molecule has 0 aromatic heterocycles. The number of nitrogens with one attached hydrogen (secondary N) is 1. The Kier molecular flexibility index (Phi) is 6.62. The van der Waals surface area contributed by atoms with Gasteiger partial charge in [0.05, 0.1) is 5.92 Å². The van der Waals surface area contributed by atoms with Crippen LogP contribution in [0.2, 0.25) is 0 Å². The molecule has 1 fully saturated rings. The summed E-state index contributed by atoms with van der Waals surface area (Å²) in [6.45, 7) is 2.44. The van der Waals surface area contributed by atoms with Crippen LogP contribution in [-0.4, -0.2) is 37.3 Å². The van der Waals surface area contributed by atoms with Crippen molar-refractivity contribution in [3.05, 3.63) is 89.7 Å². The van der Waals surface area contributed by atoms with Crippen LogP contribution in [-0.2, 0) is 11.3 Å². The molecule has 34 heavy (non-hydrogen) atoms. The minimum atomic E-state index is -0.265. The maximum atomic E-state index is 13.5. The highest BCUT2D eigenvalue weighted by molar-refractivity contribution is 5.79. The third-order valence-electron chi connectivity index (χ3n) is 6.32. The molecule has 0 unspecified atom stereocenters. The monoisotopic (exact) mass is 462 g/mol. The highest BCUT2D eigenvalue weighted by Crippen LogP contribution is 2.36. The summed E-state index contributed by atoms with van der Waals surface area (Å²) in [5.74, 6) is 1.82. The zero-order valence-corrected chi connectivity index (χ0v) is 18.8. The molecule has 2 atom stereocenters. The van der Waals surface area contributed by atoms with E-state index in [0.29, 0.717) is 38.4 Å². The van der Waals surface area contributed by atoms with Crippen LogP contribution in [0.1, 0.15) is 23.6 Å². The Morgan fingerprint density at radius 2 is 1.82 bits per heavy atom. The average molecular weight is 463 g/mol. The van der Waals surface area contributed by atoms with Crippen LogP contribution in [0.5, 0.6) is 17.2 Å². The number of fused-ring (bicyclic) bond motifs is 1. The van der Waals surface area contributed by atoms with Crippen molar-refractivity contribution >= 4 is 5.91 Å². The molecular weight excluding hydrogens is 435 g/mol. The molecule has 0 aliphatic carbocycles. The summed E-state index contributed by atoms with van der Waals surface area (Å²) in [5, 5.41) is 3.06. The molecule has 2 aliphatic rings. The van der Waals surface area contributed by atoms with Crippen LogP contribution in [0.15, 0.2) is 72.8 Å². The van der Waals surface area contributed by atoms with Gasteiger partial charge in [-0.3, -0.25) is 9.69 Å². The molecule has 1 amide bonds. The van der Waals surface area contributed by atoms with Gasteiger partial charge in [0.2, 0.25) is 12.7 Å². The predicted octanol–water partition coefficient (Wildman–Crippen LogP) is 4.31. The maximum absolute atomic E-state index is 13.5. The molecule has 3 aromatic rings. The van der Waals surface area contributed by atoms with Gasteiger partial charge in [0.1, 0.15) is 18.2 Å². The van der Waals surface area contributed by atoms with Crippen molar-refractivity contribution in [1.82, 2.24) is 10.2 Å². The van der Waals surface area contributed by atoms with Crippen LogP contribution < -0.4 is 19.5 Å². The Hall–Kier alpha value is -3.58. The normalized spacial score (nSPS) is 19.2. The van der Waals surface area contributed by atoms with Gasteiger partial charge in [0.25, 0.3) is 0 Å². The van der Waals surface area contributed by atoms with E-state index >= 15 is 0 Å². The fourth-order valence-corrected chi connectivity index (χ4v) is 4.55. The maximum Gasteiger partial charge on any atom is 0.231 e. The molecule has 2 aliphatic heterocycles. The zero-order valence-electron chi connectivity index (χ0n) is 18.8. The van der Waals surface area contributed by atoms with Gasteiger partial charge < -0.3 is 19.5 Å². The quantitative estimate of drug-likeness (QED) is 0.541. The van der Waals surface area contributed by atoms with E-state index in [0.717, 1.165) is 22.6 Å². The minimum Gasteiger partial charge on any atom is -0.492 e. The van der Waals surface area contributed by atoms with Crippen molar-refractivity contribution in [3.8, 4) is 17.2 Å². The Morgan fingerprint density at radius 3 is 2.65 bits per heavy atom. The van der Waals surface area contributed by atoms with E-state index in [-0.39, 0.29) is 30.5 Å². The summed E-state index contributed by atoms with van der Waals surface area (Å²) in [5.41, 5.74) is 1.96. The van der Waals surface area contributed by atoms with Gasteiger partial charge in [0, 0.05) is 25.7 Å². The van der Waals surface area contributed by atoms with Gasteiger partial charge in [0.15, 0.2) is 11.5 Å². The standard InChI is InChI=1S/C27H27FN2O4/c28-22-9-7-20(8-10-22)24-15-21(17-30(24)12-13-32-23-4-2-1-3-5-23)27(31)29-16-19-6-11-25-26(14-19)34-18-33-25/h1-11,14,21,24H,12-13,15-18H2,(H,29,31)/t21-,24+/m1/s1. The van der Waals surface area contributed by atoms with E-state index in [1.54, 1.807) is 12.1 Å². The predicted molar refractivity (Wildman–Crippen MR) is 125 cm³/mol. The smallest absolute Gasteiger partial charge is 0.231 e. The molecule has 3 aromatic carbocycles. The number of carbonyl (C=O) groups is 1. The number of para-hydroxylation sites is 1. The van der Waals surface area contributed by atoms with Crippen LogP contribution in [0.4, 0.5) is 4.39 Å². The van der Waals surface area contributed by atoms with Crippen molar-refractivity contribution in [1.29, 1.82) is 0 Å². The number of halogens is 1. The summed E-state index contributed by atoms with van der Waals surface area (Å²) in [6.07, 6.45) is 0.671. The Balaban J connectivity index is 1.22. The summed E-state index contributed by atoms with van der Waals surface area (Å²) < 4.78 is 30.1. The number of carbonyl (C=O) groups excluding carboxylic acids is 1. The van der Waals surface area contributed by atoms with Gasteiger partial charge in [-0.05, 0) is 53.9 Å². The van der Waals surface area contributed by atoms with E-state index < -0.39 is 0 Å². The van der Waals surface area contributed by atoms with Crippen LogP contribution in [0, 0.1) is 11.7 Å². The van der Waals surface area contributed by atoms with Gasteiger partial charge in [-0.25, -0.2) is 4.39 Å². The highest BCUT2D eigenvalue weighted by Gasteiger charge is 2.36. The SMILES string of the molecule is O=C(NCc1ccc2c(c1)OCO2)[C@@H]1C[C@@H](c2ccc(F)cc2)N(CCOc2ccccc2)C1. The Bertz CT molecular complexity index is 1120. The molecule has 0 saturated carbocycles. The molecule has 0 bridgehead atoms. The minimum absolute atomic E-state index is 0.0104. The first-order valence-electron chi connectivity index (χ1n) is 11.5. The molecular formula is C27H27FN2O4. The van der Waals surface area contributed by atoms with E-state index in [4.69, 9.17) is 14.2 Å². The molecule has 2 heterocycles. The summed E-state index contributed by atoms with van der Waals surface area (Å²) >= 11 is 0. The van der Waals surface area contributed by atoms with Gasteiger partial charge in [-0.2, -0.15) is 0 Å². The summed E-state index contributed by atoms with van der Waals surface area (Å²) in [4.78, 5) is 15.3. The summed E-state index contributed by atoms with van der Waals surface area (Å²) in [7, 11) is 0. The largest absolute Gasteiger partial charge is 0.492 e. The Labute approximate surface area is 198 Å². The molecule has 0 spiro atoms. The Morgan fingerprint density at radius 1 is 1.03 bits per heavy atom. The average Bonchev–Trinajstić information content (AvgIpc) is 3.51. The molecule has 1 saturated heterocycles. The second-order valence-corrected chi connectivity index (χ2v) is 8.56. The van der Waals surface area contributed by atoms with E-state index in [1.165, 1.54) is 12.1 Å². The van der Waals surface area contributed by atoms with Gasteiger partial charge in [-0.15, -0.1) is 0 Å². The van der Waals surface area contributed by atoms with Gasteiger partial charge >= 0.3 is 0 Å². The topological polar surface area (TPSA) is 60.0 Å². The van der Waals surface area contributed by atoms with Crippen LogP contribution >= 0.6 is 0 Å². The van der Waals surface area contributed by atoms with Crippen molar-refractivity contribution in [3.63, 3.8) is 0 Å². The van der Waals surface area contributed by atoms with Crippen molar-refractivity contribution in [2.24, 2.45) is 5.92 Å². The lowest BCUT2D eigenvalue weighted by atomic mass is 9.99. The second kappa shape index (κ2) is 10.1. The first-order valence-corrected chi connectivity index (χ1v) is 11.5. The number of nitrogens with zero attached hydrogens (tertiary/aromatic N) is 1. The fraction of sp³-hybridized carbons (Fsp3) is 0.296.